The number of nitrogens with zero attached hydrogens (tertiary/aromatic N) is 1. The predicted molar refractivity (Wildman–Crippen MR) is 86.6 cm³/mol. The fourth-order valence-corrected chi connectivity index (χ4v) is 2.35. The van der Waals surface area contributed by atoms with Crippen molar-refractivity contribution in [3.8, 4) is 0 Å². The number of aromatic nitrogens is 1. The van der Waals surface area contributed by atoms with E-state index >= 15 is 0 Å². The van der Waals surface area contributed by atoms with Crippen LogP contribution < -0.4 is 10.6 Å². The third-order valence-electron chi connectivity index (χ3n) is 2.85. The number of hydrogen-bond donors (Lipinski definition) is 2. The number of pyridine rings is 1. The number of carbonyl (C=O) groups excluding carboxylic acids is 1. The molecule has 0 fully saturated rings. The summed E-state index contributed by atoms with van der Waals surface area (Å²) in [6, 6.07) is 1.74. The number of rotatable bonds is 7. The van der Waals surface area contributed by atoms with E-state index in [1.807, 2.05) is 13.8 Å². The van der Waals surface area contributed by atoms with Crippen molar-refractivity contribution in [2.45, 2.75) is 25.5 Å². The molecule has 2 atom stereocenters. The second kappa shape index (κ2) is 8.36. The van der Waals surface area contributed by atoms with Crippen LogP contribution in [0.25, 0.3) is 0 Å². The normalized spacial score (nSPS) is 13.6. The summed E-state index contributed by atoms with van der Waals surface area (Å²) in [5.74, 6) is 0.393. The molecule has 0 radical (unpaired) electrons. The lowest BCUT2D eigenvalue weighted by atomic mass is 10.2. The van der Waals surface area contributed by atoms with E-state index in [4.69, 9.17) is 0 Å². The van der Waals surface area contributed by atoms with Crippen molar-refractivity contribution in [3.63, 3.8) is 0 Å². The van der Waals surface area contributed by atoms with E-state index in [9.17, 15) is 9.00 Å². The zero-order valence-corrected chi connectivity index (χ0v) is 14.3. The summed E-state index contributed by atoms with van der Waals surface area (Å²) in [4.78, 5) is 16.3. The Morgan fingerprint density at radius 1 is 1.55 bits per heavy atom. The minimum atomic E-state index is -0.864. The minimum absolute atomic E-state index is 0.0733. The Bertz CT molecular complexity index is 497. The highest BCUT2D eigenvalue weighted by molar-refractivity contribution is 9.10. The number of halogens is 1. The molecular formula is C13H20BrN3O2S. The first-order valence-corrected chi connectivity index (χ1v) is 8.87. The number of amides is 1. The van der Waals surface area contributed by atoms with Crippen molar-refractivity contribution in [2.75, 3.05) is 24.7 Å². The summed E-state index contributed by atoms with van der Waals surface area (Å²) in [7, 11) is -0.864. The molecule has 1 amide bonds. The van der Waals surface area contributed by atoms with E-state index in [1.54, 1.807) is 18.5 Å². The van der Waals surface area contributed by atoms with Crippen molar-refractivity contribution in [2.24, 2.45) is 0 Å². The molecule has 1 aromatic rings. The van der Waals surface area contributed by atoms with Gasteiger partial charge in [0.2, 0.25) is 0 Å². The Hall–Kier alpha value is -0.950. The third-order valence-corrected chi connectivity index (χ3v) is 4.65. The Balaban J connectivity index is 2.67. The van der Waals surface area contributed by atoms with Gasteiger partial charge in [0, 0.05) is 46.1 Å². The Labute approximate surface area is 130 Å². The Morgan fingerprint density at radius 3 is 2.85 bits per heavy atom. The lowest BCUT2D eigenvalue weighted by Crippen LogP contribution is -2.28. The molecule has 2 N–H and O–H groups in total. The molecule has 0 aromatic carbocycles. The van der Waals surface area contributed by atoms with Crippen molar-refractivity contribution in [1.29, 1.82) is 0 Å². The van der Waals surface area contributed by atoms with E-state index in [0.29, 0.717) is 30.9 Å². The average molecular weight is 362 g/mol. The SMILES string of the molecule is CCNc1ncc(Br)cc1C(=O)NCCC(C)S(C)=O. The molecule has 0 aliphatic carbocycles. The van der Waals surface area contributed by atoms with Gasteiger partial charge >= 0.3 is 0 Å². The highest BCUT2D eigenvalue weighted by atomic mass is 79.9. The molecule has 0 spiro atoms. The van der Waals surface area contributed by atoms with Crippen LogP contribution in [0.4, 0.5) is 5.82 Å². The van der Waals surface area contributed by atoms with Gasteiger partial charge in [-0.05, 0) is 35.3 Å². The van der Waals surface area contributed by atoms with Crippen LogP contribution in [0.5, 0.6) is 0 Å². The van der Waals surface area contributed by atoms with Gasteiger partial charge in [0.1, 0.15) is 5.82 Å². The molecule has 0 bridgehead atoms. The number of carbonyl (C=O) groups is 1. The predicted octanol–water partition coefficient (Wildman–Crippen LogP) is 2.16. The molecule has 20 heavy (non-hydrogen) atoms. The zero-order valence-electron chi connectivity index (χ0n) is 11.9. The van der Waals surface area contributed by atoms with E-state index in [1.165, 1.54) is 0 Å². The molecule has 5 nitrogen and oxygen atoms in total. The van der Waals surface area contributed by atoms with Gasteiger partial charge in [-0.15, -0.1) is 0 Å². The smallest absolute Gasteiger partial charge is 0.255 e. The molecule has 1 rings (SSSR count). The Morgan fingerprint density at radius 2 is 2.25 bits per heavy atom. The second-order valence-electron chi connectivity index (χ2n) is 4.43. The monoisotopic (exact) mass is 361 g/mol. The molecule has 1 aromatic heterocycles. The summed E-state index contributed by atoms with van der Waals surface area (Å²) >= 11 is 3.32. The van der Waals surface area contributed by atoms with Gasteiger partial charge in [-0.3, -0.25) is 9.00 Å². The molecule has 112 valence electrons. The summed E-state index contributed by atoms with van der Waals surface area (Å²) < 4.78 is 12.0. The minimum Gasteiger partial charge on any atom is -0.370 e. The summed E-state index contributed by atoms with van der Waals surface area (Å²) in [6.07, 6.45) is 4.01. The maximum atomic E-state index is 12.2. The van der Waals surface area contributed by atoms with Gasteiger partial charge < -0.3 is 10.6 Å². The van der Waals surface area contributed by atoms with E-state index < -0.39 is 10.8 Å². The number of nitrogens with one attached hydrogen (secondary N) is 2. The van der Waals surface area contributed by atoms with Crippen LogP contribution in [0.15, 0.2) is 16.7 Å². The first kappa shape index (κ1) is 17.1. The zero-order chi connectivity index (χ0) is 15.1. The second-order valence-corrected chi connectivity index (χ2v) is 7.15. The van der Waals surface area contributed by atoms with Crippen molar-refractivity contribution in [3.05, 3.63) is 22.3 Å². The lowest BCUT2D eigenvalue weighted by molar-refractivity contribution is 0.0953. The molecule has 0 aliphatic heterocycles. The molecule has 2 unspecified atom stereocenters. The molecular weight excluding hydrogens is 342 g/mol. The van der Waals surface area contributed by atoms with Crippen LogP contribution in [0, 0.1) is 0 Å². The molecule has 0 saturated heterocycles. The van der Waals surface area contributed by atoms with Crippen molar-refractivity contribution in [1.82, 2.24) is 10.3 Å². The highest BCUT2D eigenvalue weighted by Crippen LogP contribution is 2.17. The van der Waals surface area contributed by atoms with Crippen molar-refractivity contribution >= 4 is 38.5 Å². The quantitative estimate of drug-likeness (QED) is 0.780. The maximum absolute atomic E-state index is 12.2. The first-order chi connectivity index (χ1) is 9.45. The summed E-state index contributed by atoms with van der Waals surface area (Å²) in [5, 5.41) is 5.97. The number of anilines is 1. The van der Waals surface area contributed by atoms with Crippen LogP contribution in [0.1, 0.15) is 30.6 Å². The van der Waals surface area contributed by atoms with Gasteiger partial charge in [0.25, 0.3) is 5.91 Å². The number of hydrogen-bond acceptors (Lipinski definition) is 4. The highest BCUT2D eigenvalue weighted by Gasteiger charge is 2.13. The fraction of sp³-hybridized carbons (Fsp3) is 0.538. The largest absolute Gasteiger partial charge is 0.370 e. The van der Waals surface area contributed by atoms with Gasteiger partial charge in [-0.2, -0.15) is 0 Å². The lowest BCUT2D eigenvalue weighted by Gasteiger charge is -2.12. The molecule has 7 heteroatoms. The van der Waals surface area contributed by atoms with Gasteiger partial charge in [0.15, 0.2) is 0 Å². The molecule has 1 heterocycles. The van der Waals surface area contributed by atoms with Crippen LogP contribution in [-0.4, -0.2) is 39.7 Å². The van der Waals surface area contributed by atoms with E-state index in [0.717, 1.165) is 4.47 Å². The molecule has 0 saturated carbocycles. The Kier molecular flexibility index (Phi) is 7.15. The van der Waals surface area contributed by atoms with Crippen LogP contribution in [-0.2, 0) is 10.8 Å². The van der Waals surface area contributed by atoms with E-state index in [2.05, 4.69) is 31.5 Å². The van der Waals surface area contributed by atoms with Crippen LogP contribution in [0.2, 0.25) is 0 Å². The first-order valence-electron chi connectivity index (χ1n) is 6.45. The standard InChI is InChI=1S/C13H20BrN3O2S/c1-4-15-12-11(7-10(14)8-17-12)13(18)16-6-5-9(2)20(3)19/h7-9H,4-6H2,1-3H3,(H,15,17)(H,16,18). The van der Waals surface area contributed by atoms with E-state index in [-0.39, 0.29) is 11.2 Å². The van der Waals surface area contributed by atoms with Crippen molar-refractivity contribution < 1.29 is 9.00 Å². The fourth-order valence-electron chi connectivity index (χ4n) is 1.57. The topological polar surface area (TPSA) is 71.1 Å². The van der Waals surface area contributed by atoms with Gasteiger partial charge in [0.05, 0.1) is 5.56 Å². The van der Waals surface area contributed by atoms with Gasteiger partial charge in [-0.1, -0.05) is 6.92 Å². The van der Waals surface area contributed by atoms with Gasteiger partial charge in [-0.25, -0.2) is 4.98 Å². The summed E-state index contributed by atoms with van der Waals surface area (Å²) in [6.45, 7) is 5.05. The van der Waals surface area contributed by atoms with Crippen LogP contribution in [0.3, 0.4) is 0 Å². The average Bonchev–Trinajstić information content (AvgIpc) is 2.40. The molecule has 0 aliphatic rings. The van der Waals surface area contributed by atoms with Crippen LogP contribution >= 0.6 is 15.9 Å². The maximum Gasteiger partial charge on any atom is 0.255 e. The summed E-state index contributed by atoms with van der Waals surface area (Å²) in [5.41, 5.74) is 0.506. The third kappa shape index (κ3) is 5.20.